The molecule has 0 saturated carbocycles. The summed E-state index contributed by atoms with van der Waals surface area (Å²) in [6, 6.07) is 0. The summed E-state index contributed by atoms with van der Waals surface area (Å²) in [5, 5.41) is 0. The van der Waals surface area contributed by atoms with Gasteiger partial charge in [-0.25, -0.2) is 0 Å². The number of hydrogen-bond acceptors (Lipinski definition) is 3. The highest BCUT2D eigenvalue weighted by atomic mass is 79.9. The molecule has 2 heterocycles. The summed E-state index contributed by atoms with van der Waals surface area (Å²) < 4.78 is 1.52. The van der Waals surface area contributed by atoms with E-state index in [1.807, 2.05) is 0 Å². The SMILES string of the molecule is CCCCCCCCCCC(CCCCCCCC)CN1C(=O)c2c(Br)sc(Br)c2C1=O. The molecule has 1 atom stereocenters. The third kappa shape index (κ3) is 8.54. The molecule has 1 aliphatic heterocycles. The van der Waals surface area contributed by atoms with E-state index in [1.165, 1.54) is 106 Å². The number of fused-ring (bicyclic) bond motifs is 1. The molecule has 0 aliphatic carbocycles. The smallest absolute Gasteiger partial charge is 0.263 e. The highest BCUT2D eigenvalue weighted by Crippen LogP contribution is 2.42. The van der Waals surface area contributed by atoms with Gasteiger partial charge in [-0.2, -0.15) is 0 Å². The molecule has 2 rings (SSSR count). The molecule has 0 bridgehead atoms. The number of carbonyl (C=O) groups excluding carboxylic acids is 2. The minimum absolute atomic E-state index is 0.123. The number of halogens is 2. The second kappa shape index (κ2) is 15.7. The fraction of sp³-hybridized carbons (Fsp3) is 0.769. The van der Waals surface area contributed by atoms with Crippen molar-refractivity contribution in [2.45, 2.75) is 117 Å². The summed E-state index contributed by atoms with van der Waals surface area (Å²) in [6.45, 7) is 5.08. The normalized spacial score (nSPS) is 14.4. The van der Waals surface area contributed by atoms with Crippen LogP contribution >= 0.6 is 43.2 Å². The number of nitrogens with zero attached hydrogens (tertiary/aromatic N) is 1. The van der Waals surface area contributed by atoms with Crippen molar-refractivity contribution >= 4 is 55.0 Å². The van der Waals surface area contributed by atoms with Crippen LogP contribution in [0, 0.1) is 5.92 Å². The van der Waals surface area contributed by atoms with Gasteiger partial charge in [0, 0.05) is 6.54 Å². The van der Waals surface area contributed by atoms with Gasteiger partial charge in [0.15, 0.2) is 0 Å². The zero-order valence-corrected chi connectivity index (χ0v) is 24.0. The first-order chi connectivity index (χ1) is 15.5. The maximum absolute atomic E-state index is 13.0. The largest absolute Gasteiger partial charge is 0.274 e. The molecular formula is C26H41Br2NO2S. The van der Waals surface area contributed by atoms with Gasteiger partial charge >= 0.3 is 0 Å². The lowest BCUT2D eigenvalue weighted by molar-refractivity contribution is 0.0621. The van der Waals surface area contributed by atoms with Gasteiger partial charge in [-0.3, -0.25) is 14.5 Å². The van der Waals surface area contributed by atoms with Crippen LogP contribution in [0.5, 0.6) is 0 Å². The van der Waals surface area contributed by atoms with E-state index in [0.29, 0.717) is 23.6 Å². The number of hydrogen-bond donors (Lipinski definition) is 0. The molecular weight excluding hydrogens is 550 g/mol. The predicted molar refractivity (Wildman–Crippen MR) is 144 cm³/mol. The van der Waals surface area contributed by atoms with Gasteiger partial charge in [0.25, 0.3) is 11.8 Å². The Morgan fingerprint density at radius 3 is 1.44 bits per heavy atom. The number of amides is 2. The van der Waals surface area contributed by atoms with Crippen LogP contribution in [0.4, 0.5) is 0 Å². The molecule has 32 heavy (non-hydrogen) atoms. The van der Waals surface area contributed by atoms with Crippen molar-refractivity contribution in [2.24, 2.45) is 5.92 Å². The zero-order valence-electron chi connectivity index (χ0n) is 20.0. The third-order valence-corrected chi connectivity index (χ3v) is 9.14. The van der Waals surface area contributed by atoms with Crippen molar-refractivity contribution in [3.8, 4) is 0 Å². The van der Waals surface area contributed by atoms with Gasteiger partial charge in [0.1, 0.15) is 0 Å². The highest BCUT2D eigenvalue weighted by Gasteiger charge is 2.41. The van der Waals surface area contributed by atoms with Crippen LogP contribution in [0.3, 0.4) is 0 Å². The average Bonchev–Trinajstić information content (AvgIpc) is 3.21. The number of rotatable bonds is 18. The van der Waals surface area contributed by atoms with Crippen molar-refractivity contribution in [3.05, 3.63) is 18.7 Å². The van der Waals surface area contributed by atoms with E-state index in [4.69, 9.17) is 0 Å². The molecule has 0 N–H and O–H groups in total. The fourth-order valence-electron chi connectivity index (χ4n) is 4.65. The second-order valence-electron chi connectivity index (χ2n) is 9.31. The van der Waals surface area contributed by atoms with Gasteiger partial charge in [0.2, 0.25) is 0 Å². The third-order valence-electron chi connectivity index (χ3n) is 6.61. The molecule has 3 nitrogen and oxygen atoms in total. The maximum Gasteiger partial charge on any atom is 0.263 e. The monoisotopic (exact) mass is 589 g/mol. The molecule has 0 saturated heterocycles. The van der Waals surface area contributed by atoms with Crippen LogP contribution in [0.15, 0.2) is 7.57 Å². The molecule has 1 aromatic heterocycles. The van der Waals surface area contributed by atoms with Crippen molar-refractivity contribution < 1.29 is 9.59 Å². The van der Waals surface area contributed by atoms with Gasteiger partial charge in [-0.15, -0.1) is 11.3 Å². The molecule has 0 spiro atoms. The Labute approximate surface area is 216 Å². The Hall–Kier alpha value is -0.200. The number of imide groups is 1. The second-order valence-corrected chi connectivity index (χ2v) is 13.0. The lowest BCUT2D eigenvalue weighted by Gasteiger charge is -2.23. The maximum atomic E-state index is 13.0. The van der Waals surface area contributed by atoms with Gasteiger partial charge in [-0.05, 0) is 50.6 Å². The molecule has 182 valence electrons. The topological polar surface area (TPSA) is 37.4 Å². The molecule has 6 heteroatoms. The Bertz CT molecular complexity index is 682. The number of carbonyl (C=O) groups is 2. The Kier molecular flexibility index (Phi) is 13.7. The fourth-order valence-corrected chi connectivity index (χ4v) is 7.75. The Morgan fingerprint density at radius 1 is 0.656 bits per heavy atom. The molecule has 2 amide bonds. The zero-order chi connectivity index (χ0) is 23.3. The predicted octanol–water partition coefficient (Wildman–Crippen LogP) is 9.77. The van der Waals surface area contributed by atoms with Crippen LogP contribution < -0.4 is 0 Å². The van der Waals surface area contributed by atoms with E-state index < -0.39 is 0 Å². The van der Waals surface area contributed by atoms with Gasteiger partial charge < -0.3 is 0 Å². The standard InChI is InChI=1S/C26H41Br2NO2S/c1-3-5-7-9-11-12-14-16-18-20(17-15-13-10-8-6-4-2)19-29-25(30)21-22(26(29)31)24(28)32-23(21)27/h20H,3-19H2,1-2H3. The number of unbranched alkanes of at least 4 members (excludes halogenated alkanes) is 12. The van der Waals surface area contributed by atoms with Crippen molar-refractivity contribution in [3.63, 3.8) is 0 Å². The highest BCUT2D eigenvalue weighted by molar-refractivity contribution is 9.12. The van der Waals surface area contributed by atoms with E-state index in [9.17, 15) is 9.59 Å². The number of thiophene rings is 1. The first-order valence-electron chi connectivity index (χ1n) is 12.8. The molecule has 1 aliphatic rings. The summed E-state index contributed by atoms with van der Waals surface area (Å²) >= 11 is 8.36. The summed E-state index contributed by atoms with van der Waals surface area (Å²) in [5.41, 5.74) is 1.11. The van der Waals surface area contributed by atoms with E-state index >= 15 is 0 Å². The summed E-state index contributed by atoms with van der Waals surface area (Å²) in [6.07, 6.45) is 20.4. The van der Waals surface area contributed by atoms with Crippen LogP contribution in [-0.4, -0.2) is 23.3 Å². The van der Waals surface area contributed by atoms with Gasteiger partial charge in [-0.1, -0.05) is 104 Å². The van der Waals surface area contributed by atoms with Gasteiger partial charge in [0.05, 0.1) is 18.7 Å². The first-order valence-corrected chi connectivity index (χ1v) is 15.2. The summed E-state index contributed by atoms with van der Waals surface area (Å²) in [5.74, 6) is 0.171. The summed E-state index contributed by atoms with van der Waals surface area (Å²) in [7, 11) is 0. The van der Waals surface area contributed by atoms with Crippen molar-refractivity contribution in [2.75, 3.05) is 6.54 Å². The van der Waals surface area contributed by atoms with Crippen LogP contribution in [0.2, 0.25) is 0 Å². The van der Waals surface area contributed by atoms with Crippen LogP contribution in [-0.2, 0) is 0 Å². The lowest BCUT2D eigenvalue weighted by atomic mass is 9.93. The molecule has 1 aromatic rings. The molecule has 1 unspecified atom stereocenters. The van der Waals surface area contributed by atoms with Crippen LogP contribution in [0.25, 0.3) is 0 Å². The molecule has 0 fully saturated rings. The Balaban J connectivity index is 1.84. The molecule has 0 radical (unpaired) electrons. The average molecular weight is 591 g/mol. The minimum Gasteiger partial charge on any atom is -0.274 e. The quantitative estimate of drug-likeness (QED) is 0.126. The van der Waals surface area contributed by atoms with E-state index in [0.717, 1.165) is 20.4 Å². The molecule has 0 aromatic carbocycles. The van der Waals surface area contributed by atoms with E-state index in [1.54, 1.807) is 0 Å². The van der Waals surface area contributed by atoms with E-state index in [2.05, 4.69) is 45.7 Å². The van der Waals surface area contributed by atoms with Crippen LogP contribution in [0.1, 0.15) is 137 Å². The minimum atomic E-state index is -0.123. The van der Waals surface area contributed by atoms with Crippen molar-refractivity contribution in [1.29, 1.82) is 0 Å². The lowest BCUT2D eigenvalue weighted by Crippen LogP contribution is -2.35. The summed E-state index contributed by atoms with van der Waals surface area (Å²) in [4.78, 5) is 27.5. The van der Waals surface area contributed by atoms with E-state index in [-0.39, 0.29) is 11.8 Å². The Morgan fingerprint density at radius 2 is 1.03 bits per heavy atom. The first kappa shape index (κ1) is 28.0. The van der Waals surface area contributed by atoms with Crippen molar-refractivity contribution in [1.82, 2.24) is 4.90 Å².